The maximum Gasteiger partial charge on any atom is 0.129 e. The van der Waals surface area contributed by atoms with Gasteiger partial charge < -0.3 is 4.74 Å². The molecule has 1 saturated carbocycles. The van der Waals surface area contributed by atoms with Crippen molar-refractivity contribution in [2.24, 2.45) is 5.84 Å². The molecule has 5 heteroatoms. The summed E-state index contributed by atoms with van der Waals surface area (Å²) in [5.74, 6) is 4.43. The standard InChI is InChI=1S/C13H18F2N2O/c1-18-13(5-2-6-13)12(17-16)7-9-3-4-10(14)8-11(9)15/h3-4,8,12,17H,2,5-7,16H2,1H3. The Morgan fingerprint density at radius 2 is 2.17 bits per heavy atom. The summed E-state index contributed by atoms with van der Waals surface area (Å²) in [4.78, 5) is 0. The zero-order valence-electron chi connectivity index (χ0n) is 10.4. The van der Waals surface area contributed by atoms with E-state index in [4.69, 9.17) is 10.6 Å². The van der Waals surface area contributed by atoms with Crippen LogP contribution in [0.2, 0.25) is 0 Å². The van der Waals surface area contributed by atoms with Gasteiger partial charge in [-0.05, 0) is 37.3 Å². The predicted octanol–water partition coefficient (Wildman–Crippen LogP) is 1.91. The van der Waals surface area contributed by atoms with E-state index in [-0.39, 0.29) is 11.6 Å². The summed E-state index contributed by atoms with van der Waals surface area (Å²) in [5, 5.41) is 0. The lowest BCUT2D eigenvalue weighted by Gasteiger charge is -2.46. The Balaban J connectivity index is 2.15. The number of hydrazine groups is 1. The zero-order valence-corrected chi connectivity index (χ0v) is 10.4. The first-order chi connectivity index (χ1) is 8.61. The summed E-state index contributed by atoms with van der Waals surface area (Å²) < 4.78 is 32.0. The quantitative estimate of drug-likeness (QED) is 0.625. The van der Waals surface area contributed by atoms with Crippen LogP contribution in [0.1, 0.15) is 24.8 Å². The molecule has 1 fully saturated rings. The largest absolute Gasteiger partial charge is 0.377 e. The maximum absolute atomic E-state index is 13.6. The van der Waals surface area contributed by atoms with Crippen molar-refractivity contribution in [3.63, 3.8) is 0 Å². The van der Waals surface area contributed by atoms with Gasteiger partial charge in [-0.1, -0.05) is 6.07 Å². The Labute approximate surface area is 105 Å². The second-order valence-electron chi connectivity index (χ2n) is 4.78. The van der Waals surface area contributed by atoms with Crippen LogP contribution >= 0.6 is 0 Å². The minimum atomic E-state index is -0.571. The predicted molar refractivity (Wildman–Crippen MR) is 64.8 cm³/mol. The number of nitrogens with one attached hydrogen (secondary N) is 1. The molecule has 0 amide bonds. The van der Waals surface area contributed by atoms with Crippen molar-refractivity contribution in [2.45, 2.75) is 37.3 Å². The Morgan fingerprint density at radius 3 is 2.61 bits per heavy atom. The lowest BCUT2D eigenvalue weighted by atomic mass is 9.73. The van der Waals surface area contributed by atoms with E-state index < -0.39 is 11.6 Å². The first-order valence-electron chi connectivity index (χ1n) is 6.06. The first-order valence-corrected chi connectivity index (χ1v) is 6.06. The van der Waals surface area contributed by atoms with E-state index in [9.17, 15) is 8.78 Å². The van der Waals surface area contributed by atoms with Crippen molar-refractivity contribution in [1.82, 2.24) is 5.43 Å². The van der Waals surface area contributed by atoms with E-state index in [1.807, 2.05) is 0 Å². The van der Waals surface area contributed by atoms with Crippen molar-refractivity contribution in [3.8, 4) is 0 Å². The minimum Gasteiger partial charge on any atom is -0.377 e. The molecule has 0 radical (unpaired) electrons. The van der Waals surface area contributed by atoms with E-state index in [0.717, 1.165) is 25.3 Å². The van der Waals surface area contributed by atoms with Crippen LogP contribution in [0.4, 0.5) is 8.78 Å². The van der Waals surface area contributed by atoms with Gasteiger partial charge in [0.1, 0.15) is 11.6 Å². The monoisotopic (exact) mass is 256 g/mol. The van der Waals surface area contributed by atoms with Gasteiger partial charge in [0, 0.05) is 13.2 Å². The van der Waals surface area contributed by atoms with Crippen LogP contribution in [0, 0.1) is 11.6 Å². The van der Waals surface area contributed by atoms with Crippen LogP contribution in [-0.2, 0) is 11.2 Å². The highest BCUT2D eigenvalue weighted by molar-refractivity contribution is 5.21. The topological polar surface area (TPSA) is 47.3 Å². The van der Waals surface area contributed by atoms with Crippen molar-refractivity contribution < 1.29 is 13.5 Å². The molecule has 0 heterocycles. The minimum absolute atomic E-state index is 0.170. The van der Waals surface area contributed by atoms with E-state index in [0.29, 0.717) is 12.0 Å². The SMILES string of the molecule is COC1(C(Cc2ccc(F)cc2F)NN)CCC1. The van der Waals surface area contributed by atoms with Gasteiger partial charge in [0.05, 0.1) is 11.6 Å². The number of benzene rings is 1. The van der Waals surface area contributed by atoms with Crippen molar-refractivity contribution >= 4 is 0 Å². The fraction of sp³-hybridized carbons (Fsp3) is 0.538. The van der Waals surface area contributed by atoms with Crippen LogP contribution in [-0.4, -0.2) is 18.8 Å². The molecule has 1 aliphatic carbocycles. The van der Waals surface area contributed by atoms with Crippen LogP contribution < -0.4 is 11.3 Å². The molecule has 3 N–H and O–H groups in total. The van der Waals surface area contributed by atoms with Gasteiger partial charge in [-0.3, -0.25) is 11.3 Å². The van der Waals surface area contributed by atoms with E-state index in [1.165, 1.54) is 12.1 Å². The summed E-state index contributed by atoms with van der Waals surface area (Å²) in [6, 6.07) is 3.43. The lowest BCUT2D eigenvalue weighted by molar-refractivity contribution is -0.0983. The summed E-state index contributed by atoms with van der Waals surface area (Å²) in [7, 11) is 1.64. The molecular formula is C13H18F2N2O. The molecule has 1 aromatic rings. The lowest BCUT2D eigenvalue weighted by Crippen LogP contribution is -2.59. The van der Waals surface area contributed by atoms with Gasteiger partial charge >= 0.3 is 0 Å². The molecule has 0 aromatic heterocycles. The number of rotatable bonds is 5. The molecular weight excluding hydrogens is 238 g/mol. The summed E-state index contributed by atoms with van der Waals surface area (Å²) >= 11 is 0. The molecule has 1 aromatic carbocycles. The first kappa shape index (κ1) is 13.4. The van der Waals surface area contributed by atoms with Crippen LogP contribution in [0.25, 0.3) is 0 Å². The number of ether oxygens (including phenoxy) is 1. The fourth-order valence-corrected chi connectivity index (χ4v) is 2.52. The third kappa shape index (κ3) is 2.39. The third-order valence-corrected chi connectivity index (χ3v) is 3.88. The second-order valence-corrected chi connectivity index (χ2v) is 4.78. The normalized spacial score (nSPS) is 19.3. The van der Waals surface area contributed by atoms with Crippen molar-refractivity contribution in [3.05, 3.63) is 35.4 Å². The number of halogens is 2. The fourth-order valence-electron chi connectivity index (χ4n) is 2.52. The highest BCUT2D eigenvalue weighted by Crippen LogP contribution is 2.39. The number of nitrogens with two attached hydrogens (primary N) is 1. The Kier molecular flexibility index (Phi) is 3.94. The molecule has 2 rings (SSSR count). The molecule has 18 heavy (non-hydrogen) atoms. The van der Waals surface area contributed by atoms with Gasteiger partial charge in [-0.15, -0.1) is 0 Å². The maximum atomic E-state index is 13.6. The van der Waals surface area contributed by atoms with Gasteiger partial charge in [-0.25, -0.2) is 8.78 Å². The van der Waals surface area contributed by atoms with Crippen molar-refractivity contribution in [2.75, 3.05) is 7.11 Å². The molecule has 0 saturated heterocycles. The summed E-state index contributed by atoms with van der Waals surface area (Å²) in [5.41, 5.74) is 2.82. The van der Waals surface area contributed by atoms with Gasteiger partial charge in [0.2, 0.25) is 0 Å². The van der Waals surface area contributed by atoms with Gasteiger partial charge in [0.25, 0.3) is 0 Å². The molecule has 0 spiro atoms. The number of hydrogen-bond donors (Lipinski definition) is 2. The smallest absolute Gasteiger partial charge is 0.129 e. The van der Waals surface area contributed by atoms with E-state index in [2.05, 4.69) is 5.43 Å². The van der Waals surface area contributed by atoms with Crippen LogP contribution in [0.15, 0.2) is 18.2 Å². The third-order valence-electron chi connectivity index (χ3n) is 3.88. The Morgan fingerprint density at radius 1 is 1.44 bits per heavy atom. The molecule has 1 unspecified atom stereocenters. The van der Waals surface area contributed by atoms with E-state index in [1.54, 1.807) is 7.11 Å². The highest BCUT2D eigenvalue weighted by atomic mass is 19.1. The second kappa shape index (κ2) is 5.30. The molecule has 0 aliphatic heterocycles. The highest BCUT2D eigenvalue weighted by Gasteiger charge is 2.44. The number of hydrogen-bond acceptors (Lipinski definition) is 3. The molecule has 0 bridgehead atoms. The molecule has 1 aliphatic rings. The summed E-state index contributed by atoms with van der Waals surface area (Å²) in [6.07, 6.45) is 3.27. The Hall–Kier alpha value is -1.04. The van der Waals surface area contributed by atoms with Crippen molar-refractivity contribution in [1.29, 1.82) is 0 Å². The summed E-state index contributed by atoms with van der Waals surface area (Å²) in [6.45, 7) is 0. The van der Waals surface area contributed by atoms with Crippen LogP contribution in [0.5, 0.6) is 0 Å². The van der Waals surface area contributed by atoms with E-state index >= 15 is 0 Å². The molecule has 1 atom stereocenters. The van der Waals surface area contributed by atoms with Gasteiger partial charge in [-0.2, -0.15) is 0 Å². The molecule has 100 valence electrons. The zero-order chi connectivity index (χ0) is 13.2. The average Bonchev–Trinajstić information content (AvgIpc) is 2.29. The van der Waals surface area contributed by atoms with Gasteiger partial charge in [0.15, 0.2) is 0 Å². The Bertz CT molecular complexity index is 416. The number of methoxy groups -OCH3 is 1. The molecule has 3 nitrogen and oxygen atoms in total. The van der Waals surface area contributed by atoms with Crippen LogP contribution in [0.3, 0.4) is 0 Å². The average molecular weight is 256 g/mol.